The molecule has 3 amide bonds. The summed E-state index contributed by atoms with van der Waals surface area (Å²) in [5.41, 5.74) is 2.53. The second-order valence-corrected chi connectivity index (χ2v) is 7.25. The second kappa shape index (κ2) is 7.66. The van der Waals surface area contributed by atoms with Crippen LogP contribution in [-0.2, 0) is 16.1 Å². The monoisotopic (exact) mass is 371 g/mol. The quantitative estimate of drug-likeness (QED) is 0.619. The maximum Gasteiger partial charge on any atom is 0.255 e. The van der Waals surface area contributed by atoms with E-state index in [0.29, 0.717) is 18.5 Å². The van der Waals surface area contributed by atoms with Gasteiger partial charge in [0.2, 0.25) is 11.8 Å². The topological polar surface area (TPSA) is 93.8 Å². The van der Waals surface area contributed by atoms with Gasteiger partial charge in [-0.05, 0) is 18.6 Å². The Bertz CT molecular complexity index is 760. The van der Waals surface area contributed by atoms with Gasteiger partial charge in [0.05, 0.1) is 0 Å². The SMILES string of the molecule is O=C1CCC(N2Cc3c(NCCN4CCNCC4)cccc3C2=O)C(=O)N1. The summed E-state index contributed by atoms with van der Waals surface area (Å²) in [4.78, 5) is 40.4. The number of nitrogens with zero attached hydrogens (tertiary/aromatic N) is 2. The molecule has 27 heavy (non-hydrogen) atoms. The standard InChI is InChI=1S/C19H25N5O3/c25-17-5-4-16(18(26)22-17)24-12-14-13(19(24)27)2-1-3-15(14)21-8-11-23-9-6-20-7-10-23/h1-3,16,20-21H,4-12H2,(H,22,25,26). The van der Waals surface area contributed by atoms with Gasteiger partial charge in [0, 0.05) is 69.0 Å². The highest BCUT2D eigenvalue weighted by Crippen LogP contribution is 2.32. The summed E-state index contributed by atoms with van der Waals surface area (Å²) in [5, 5.41) is 9.14. The van der Waals surface area contributed by atoms with Crippen molar-refractivity contribution in [2.45, 2.75) is 25.4 Å². The first-order valence-electron chi connectivity index (χ1n) is 9.57. The lowest BCUT2D eigenvalue weighted by Crippen LogP contribution is -2.52. The van der Waals surface area contributed by atoms with Gasteiger partial charge in [-0.25, -0.2) is 0 Å². The van der Waals surface area contributed by atoms with Crippen LogP contribution < -0.4 is 16.0 Å². The lowest BCUT2D eigenvalue weighted by Gasteiger charge is -2.29. The average molecular weight is 371 g/mol. The molecule has 8 nitrogen and oxygen atoms in total. The Kier molecular flexibility index (Phi) is 5.09. The first-order valence-corrected chi connectivity index (χ1v) is 9.57. The van der Waals surface area contributed by atoms with Crippen molar-refractivity contribution >= 4 is 23.4 Å². The highest BCUT2D eigenvalue weighted by atomic mass is 16.2. The Labute approximate surface area is 158 Å². The molecule has 8 heteroatoms. The zero-order valence-electron chi connectivity index (χ0n) is 15.3. The molecule has 3 aliphatic rings. The largest absolute Gasteiger partial charge is 0.383 e. The van der Waals surface area contributed by atoms with E-state index >= 15 is 0 Å². The number of rotatable bonds is 5. The third-order valence-electron chi connectivity index (χ3n) is 5.54. The summed E-state index contributed by atoms with van der Waals surface area (Å²) in [6.45, 7) is 6.31. The Balaban J connectivity index is 1.42. The van der Waals surface area contributed by atoms with E-state index in [9.17, 15) is 14.4 Å². The number of piperidine rings is 1. The van der Waals surface area contributed by atoms with Gasteiger partial charge in [0.15, 0.2) is 0 Å². The minimum atomic E-state index is -0.573. The molecule has 0 aromatic heterocycles. The van der Waals surface area contributed by atoms with E-state index in [2.05, 4.69) is 20.9 Å². The number of amides is 3. The third kappa shape index (κ3) is 3.68. The Morgan fingerprint density at radius 3 is 2.74 bits per heavy atom. The van der Waals surface area contributed by atoms with Gasteiger partial charge in [-0.2, -0.15) is 0 Å². The first-order chi connectivity index (χ1) is 13.1. The van der Waals surface area contributed by atoms with Gasteiger partial charge in [0.1, 0.15) is 6.04 Å². The number of piperazine rings is 1. The number of nitrogens with one attached hydrogen (secondary N) is 3. The number of carbonyl (C=O) groups excluding carboxylic acids is 3. The van der Waals surface area contributed by atoms with Crippen molar-refractivity contribution < 1.29 is 14.4 Å². The van der Waals surface area contributed by atoms with Crippen LogP contribution in [0.1, 0.15) is 28.8 Å². The van der Waals surface area contributed by atoms with Gasteiger partial charge >= 0.3 is 0 Å². The Morgan fingerprint density at radius 2 is 1.96 bits per heavy atom. The number of imide groups is 1. The maximum atomic E-state index is 12.8. The van der Waals surface area contributed by atoms with Gasteiger partial charge in [-0.1, -0.05) is 6.07 Å². The maximum absolute atomic E-state index is 12.8. The highest BCUT2D eigenvalue weighted by Gasteiger charge is 2.39. The number of hydrogen-bond donors (Lipinski definition) is 3. The van der Waals surface area contributed by atoms with Crippen LogP contribution in [0.5, 0.6) is 0 Å². The van der Waals surface area contributed by atoms with Gasteiger partial charge in [0.25, 0.3) is 5.91 Å². The van der Waals surface area contributed by atoms with Crippen molar-refractivity contribution in [2.24, 2.45) is 0 Å². The smallest absolute Gasteiger partial charge is 0.255 e. The molecule has 3 aliphatic heterocycles. The molecule has 4 rings (SSSR count). The number of benzene rings is 1. The van der Waals surface area contributed by atoms with Crippen LogP contribution in [0.2, 0.25) is 0 Å². The molecule has 1 aromatic carbocycles. The summed E-state index contributed by atoms with van der Waals surface area (Å²) < 4.78 is 0. The van der Waals surface area contributed by atoms with E-state index in [4.69, 9.17) is 0 Å². The molecule has 0 spiro atoms. The van der Waals surface area contributed by atoms with Crippen molar-refractivity contribution in [1.29, 1.82) is 0 Å². The van der Waals surface area contributed by atoms with Crippen molar-refractivity contribution in [3.8, 4) is 0 Å². The predicted molar refractivity (Wildman–Crippen MR) is 100 cm³/mol. The molecular weight excluding hydrogens is 346 g/mol. The molecular formula is C19H25N5O3. The molecule has 3 heterocycles. The lowest BCUT2D eigenvalue weighted by molar-refractivity contribution is -0.136. The van der Waals surface area contributed by atoms with E-state index in [1.54, 1.807) is 4.90 Å². The van der Waals surface area contributed by atoms with Crippen molar-refractivity contribution in [3.63, 3.8) is 0 Å². The van der Waals surface area contributed by atoms with Crippen molar-refractivity contribution in [3.05, 3.63) is 29.3 Å². The predicted octanol–water partition coefficient (Wildman–Crippen LogP) is -0.235. The first kappa shape index (κ1) is 17.9. The van der Waals surface area contributed by atoms with Crippen molar-refractivity contribution in [1.82, 2.24) is 20.4 Å². The zero-order chi connectivity index (χ0) is 18.8. The van der Waals surface area contributed by atoms with Crippen LogP contribution >= 0.6 is 0 Å². The zero-order valence-corrected chi connectivity index (χ0v) is 15.3. The second-order valence-electron chi connectivity index (χ2n) is 7.25. The van der Waals surface area contributed by atoms with Crippen LogP contribution in [0.15, 0.2) is 18.2 Å². The highest BCUT2D eigenvalue weighted by molar-refractivity contribution is 6.06. The molecule has 1 atom stereocenters. The van der Waals surface area contributed by atoms with Crippen LogP contribution in [0, 0.1) is 0 Å². The third-order valence-corrected chi connectivity index (χ3v) is 5.54. The molecule has 0 bridgehead atoms. The van der Waals surface area contributed by atoms with E-state index in [0.717, 1.165) is 50.5 Å². The van der Waals surface area contributed by atoms with Crippen LogP contribution in [0.4, 0.5) is 5.69 Å². The molecule has 0 aliphatic carbocycles. The number of carbonyl (C=O) groups is 3. The summed E-state index contributed by atoms with van der Waals surface area (Å²) in [6, 6.07) is 5.09. The Morgan fingerprint density at radius 1 is 1.15 bits per heavy atom. The molecule has 1 aromatic rings. The molecule has 2 saturated heterocycles. The van der Waals surface area contributed by atoms with Crippen molar-refractivity contribution in [2.75, 3.05) is 44.6 Å². The van der Waals surface area contributed by atoms with Gasteiger partial charge in [-0.3, -0.25) is 24.6 Å². The lowest BCUT2D eigenvalue weighted by atomic mass is 10.0. The molecule has 1 unspecified atom stereocenters. The Hall–Kier alpha value is -2.45. The van der Waals surface area contributed by atoms with Gasteiger partial charge in [-0.15, -0.1) is 0 Å². The summed E-state index contributed by atoms with van der Waals surface area (Å²) in [5.74, 6) is -0.776. The number of anilines is 1. The molecule has 0 radical (unpaired) electrons. The normalized spacial score (nSPS) is 23.3. The number of fused-ring (bicyclic) bond motifs is 1. The fourth-order valence-corrected chi connectivity index (χ4v) is 4.03. The fourth-order valence-electron chi connectivity index (χ4n) is 4.03. The van der Waals surface area contributed by atoms with Crippen LogP contribution in [-0.4, -0.2) is 72.8 Å². The van der Waals surface area contributed by atoms with Crippen LogP contribution in [0.3, 0.4) is 0 Å². The number of hydrogen-bond acceptors (Lipinski definition) is 6. The summed E-state index contributed by atoms with van der Waals surface area (Å²) in [6.07, 6.45) is 0.655. The summed E-state index contributed by atoms with van der Waals surface area (Å²) >= 11 is 0. The molecule has 3 N–H and O–H groups in total. The molecule has 144 valence electrons. The van der Waals surface area contributed by atoms with E-state index in [1.165, 1.54) is 0 Å². The average Bonchev–Trinajstić information content (AvgIpc) is 3.00. The fraction of sp³-hybridized carbons (Fsp3) is 0.526. The minimum absolute atomic E-state index is 0.134. The summed E-state index contributed by atoms with van der Waals surface area (Å²) in [7, 11) is 0. The van der Waals surface area contributed by atoms with E-state index in [-0.39, 0.29) is 24.1 Å². The van der Waals surface area contributed by atoms with Gasteiger partial charge < -0.3 is 15.5 Å². The van der Waals surface area contributed by atoms with E-state index in [1.807, 2.05) is 18.2 Å². The molecule has 2 fully saturated rings. The van der Waals surface area contributed by atoms with Crippen LogP contribution in [0.25, 0.3) is 0 Å². The van der Waals surface area contributed by atoms with E-state index < -0.39 is 6.04 Å². The minimum Gasteiger partial charge on any atom is -0.383 e. The molecule has 0 saturated carbocycles.